The highest BCUT2D eigenvalue weighted by molar-refractivity contribution is 5.33. The number of halogens is 1. The van der Waals surface area contributed by atoms with Gasteiger partial charge in [0.15, 0.2) is 6.61 Å². The standard InChI is InChI=1S/C13H13FN2O3/c14-10-3-4-11(9(5-10)6-17)18-7-12-15-13(19-16-12)8-1-2-8/h3-5,8,17H,1-2,6-7H2. The van der Waals surface area contributed by atoms with Crippen molar-refractivity contribution in [2.45, 2.75) is 32.0 Å². The first kappa shape index (κ1) is 12.1. The van der Waals surface area contributed by atoms with Crippen molar-refractivity contribution in [3.05, 3.63) is 41.3 Å². The predicted octanol–water partition coefficient (Wildman–Crippen LogP) is 2.16. The fourth-order valence-electron chi connectivity index (χ4n) is 1.78. The van der Waals surface area contributed by atoms with E-state index < -0.39 is 5.82 Å². The first-order valence-electron chi connectivity index (χ1n) is 6.11. The Hall–Kier alpha value is -1.95. The SMILES string of the molecule is OCc1cc(F)ccc1OCc1noc(C2CC2)n1. The Morgan fingerprint density at radius 1 is 1.42 bits per heavy atom. The van der Waals surface area contributed by atoms with Gasteiger partial charge in [0.2, 0.25) is 11.7 Å². The number of aliphatic hydroxyl groups is 1. The number of hydrogen-bond donors (Lipinski definition) is 1. The van der Waals surface area contributed by atoms with Gasteiger partial charge < -0.3 is 14.4 Å². The summed E-state index contributed by atoms with van der Waals surface area (Å²) in [4.78, 5) is 4.22. The molecule has 1 N–H and O–H groups in total. The van der Waals surface area contributed by atoms with Crippen molar-refractivity contribution < 1.29 is 18.8 Å². The Bertz CT molecular complexity index is 581. The van der Waals surface area contributed by atoms with Gasteiger partial charge in [0.1, 0.15) is 11.6 Å². The van der Waals surface area contributed by atoms with Crippen LogP contribution in [0.1, 0.15) is 36.0 Å². The second-order valence-corrected chi connectivity index (χ2v) is 4.52. The van der Waals surface area contributed by atoms with Crippen LogP contribution in [0.15, 0.2) is 22.7 Å². The molecule has 1 aromatic heterocycles. The highest BCUT2D eigenvalue weighted by Gasteiger charge is 2.29. The number of aromatic nitrogens is 2. The Kier molecular flexibility index (Phi) is 3.16. The zero-order chi connectivity index (χ0) is 13.2. The summed E-state index contributed by atoms with van der Waals surface area (Å²) in [7, 11) is 0. The third-order valence-corrected chi connectivity index (χ3v) is 2.96. The first-order chi connectivity index (χ1) is 9.26. The lowest BCUT2D eigenvalue weighted by Crippen LogP contribution is -2.01. The summed E-state index contributed by atoms with van der Waals surface area (Å²) < 4.78 is 23.6. The molecule has 1 heterocycles. The maximum atomic E-state index is 13.0. The van der Waals surface area contributed by atoms with Crippen LogP contribution < -0.4 is 4.74 Å². The number of rotatable bonds is 5. The quantitative estimate of drug-likeness (QED) is 0.896. The maximum Gasteiger partial charge on any atom is 0.229 e. The largest absolute Gasteiger partial charge is 0.485 e. The molecule has 0 radical (unpaired) electrons. The van der Waals surface area contributed by atoms with Crippen LogP contribution in [-0.2, 0) is 13.2 Å². The molecule has 0 amide bonds. The predicted molar refractivity (Wildman–Crippen MR) is 62.9 cm³/mol. The van der Waals surface area contributed by atoms with Crippen molar-refractivity contribution in [1.29, 1.82) is 0 Å². The van der Waals surface area contributed by atoms with E-state index in [9.17, 15) is 4.39 Å². The molecule has 6 heteroatoms. The van der Waals surface area contributed by atoms with Crippen LogP contribution in [0, 0.1) is 5.82 Å². The monoisotopic (exact) mass is 264 g/mol. The fraction of sp³-hybridized carbons (Fsp3) is 0.385. The van der Waals surface area contributed by atoms with Crippen molar-refractivity contribution in [2.24, 2.45) is 0 Å². The molecule has 1 aromatic carbocycles. The van der Waals surface area contributed by atoms with Crippen molar-refractivity contribution in [3.63, 3.8) is 0 Å². The minimum atomic E-state index is -0.410. The molecule has 1 saturated carbocycles. The molecular formula is C13H13FN2O3. The lowest BCUT2D eigenvalue weighted by molar-refractivity contribution is 0.252. The van der Waals surface area contributed by atoms with Gasteiger partial charge in [0.25, 0.3) is 0 Å². The van der Waals surface area contributed by atoms with E-state index in [0.29, 0.717) is 28.9 Å². The number of nitrogens with zero attached hydrogens (tertiary/aromatic N) is 2. The average molecular weight is 264 g/mol. The van der Waals surface area contributed by atoms with Crippen LogP contribution in [0.4, 0.5) is 4.39 Å². The second-order valence-electron chi connectivity index (χ2n) is 4.52. The van der Waals surface area contributed by atoms with E-state index in [2.05, 4.69) is 10.1 Å². The van der Waals surface area contributed by atoms with Gasteiger partial charge in [-0.05, 0) is 31.0 Å². The minimum absolute atomic E-state index is 0.134. The summed E-state index contributed by atoms with van der Waals surface area (Å²) in [6.45, 7) is -0.151. The van der Waals surface area contributed by atoms with Crippen molar-refractivity contribution in [1.82, 2.24) is 10.1 Å². The van der Waals surface area contributed by atoms with E-state index in [1.165, 1.54) is 18.2 Å². The molecule has 1 aliphatic rings. The Morgan fingerprint density at radius 3 is 3.00 bits per heavy atom. The van der Waals surface area contributed by atoms with Crippen molar-refractivity contribution in [2.75, 3.05) is 0 Å². The summed E-state index contributed by atoms with van der Waals surface area (Å²) in [5, 5.41) is 12.9. The van der Waals surface area contributed by atoms with Gasteiger partial charge in [-0.25, -0.2) is 4.39 Å². The number of benzene rings is 1. The molecule has 1 aliphatic carbocycles. The van der Waals surface area contributed by atoms with Gasteiger partial charge >= 0.3 is 0 Å². The van der Waals surface area contributed by atoms with Gasteiger partial charge in [0, 0.05) is 11.5 Å². The smallest absolute Gasteiger partial charge is 0.229 e. The zero-order valence-electron chi connectivity index (χ0n) is 10.2. The Balaban J connectivity index is 1.67. The summed E-state index contributed by atoms with van der Waals surface area (Å²) in [5.41, 5.74) is 0.394. The topological polar surface area (TPSA) is 68.4 Å². The van der Waals surface area contributed by atoms with Crippen LogP contribution in [0.2, 0.25) is 0 Å². The summed E-state index contributed by atoms with van der Waals surface area (Å²) in [6.07, 6.45) is 2.18. The summed E-state index contributed by atoms with van der Waals surface area (Å²) in [5.74, 6) is 1.52. The van der Waals surface area contributed by atoms with Crippen molar-refractivity contribution >= 4 is 0 Å². The van der Waals surface area contributed by atoms with Crippen LogP contribution in [0.5, 0.6) is 5.75 Å². The second kappa shape index (κ2) is 4.97. The molecule has 5 nitrogen and oxygen atoms in total. The van der Waals surface area contributed by atoms with E-state index in [4.69, 9.17) is 14.4 Å². The number of hydrogen-bond acceptors (Lipinski definition) is 5. The lowest BCUT2D eigenvalue weighted by Gasteiger charge is -2.07. The van der Waals surface area contributed by atoms with Gasteiger partial charge in [-0.3, -0.25) is 0 Å². The molecule has 1 fully saturated rings. The molecule has 2 aromatic rings. The zero-order valence-corrected chi connectivity index (χ0v) is 10.2. The molecule has 19 heavy (non-hydrogen) atoms. The molecule has 3 rings (SSSR count). The van der Waals surface area contributed by atoms with Crippen LogP contribution in [0.3, 0.4) is 0 Å². The van der Waals surface area contributed by atoms with Crippen LogP contribution >= 0.6 is 0 Å². The van der Waals surface area contributed by atoms with Gasteiger partial charge in [-0.15, -0.1) is 0 Å². The van der Waals surface area contributed by atoms with E-state index in [1.54, 1.807) is 0 Å². The van der Waals surface area contributed by atoms with Gasteiger partial charge in [-0.1, -0.05) is 5.16 Å². The number of ether oxygens (including phenoxy) is 1. The molecule has 0 spiro atoms. The van der Waals surface area contributed by atoms with E-state index in [1.807, 2.05) is 0 Å². The van der Waals surface area contributed by atoms with E-state index >= 15 is 0 Å². The molecule has 0 bridgehead atoms. The maximum absolute atomic E-state index is 13.0. The highest BCUT2D eigenvalue weighted by Crippen LogP contribution is 2.38. The van der Waals surface area contributed by atoms with E-state index in [-0.39, 0.29) is 13.2 Å². The molecule has 0 atom stereocenters. The van der Waals surface area contributed by atoms with E-state index in [0.717, 1.165) is 12.8 Å². The van der Waals surface area contributed by atoms with Crippen molar-refractivity contribution in [3.8, 4) is 5.75 Å². The number of aliphatic hydroxyl groups excluding tert-OH is 1. The molecule has 100 valence electrons. The highest BCUT2D eigenvalue weighted by atomic mass is 19.1. The van der Waals surface area contributed by atoms with Gasteiger partial charge in [0.05, 0.1) is 6.61 Å². The fourth-order valence-corrected chi connectivity index (χ4v) is 1.78. The third-order valence-electron chi connectivity index (χ3n) is 2.96. The Labute approximate surface area is 109 Å². The first-order valence-corrected chi connectivity index (χ1v) is 6.11. The van der Waals surface area contributed by atoms with Crippen LogP contribution in [-0.4, -0.2) is 15.2 Å². The normalized spacial score (nSPS) is 14.6. The molecule has 0 aliphatic heterocycles. The lowest BCUT2D eigenvalue weighted by atomic mass is 10.2. The molecule has 0 saturated heterocycles. The molecule has 0 unspecified atom stereocenters. The Morgan fingerprint density at radius 2 is 2.26 bits per heavy atom. The van der Waals surface area contributed by atoms with Crippen LogP contribution in [0.25, 0.3) is 0 Å². The average Bonchev–Trinajstić information content (AvgIpc) is 3.17. The summed E-state index contributed by atoms with van der Waals surface area (Å²) >= 11 is 0. The molecular weight excluding hydrogens is 251 g/mol. The summed E-state index contributed by atoms with van der Waals surface area (Å²) in [6, 6.07) is 3.99. The van der Waals surface area contributed by atoms with Gasteiger partial charge in [-0.2, -0.15) is 4.98 Å². The minimum Gasteiger partial charge on any atom is -0.485 e. The third kappa shape index (κ3) is 2.73.